The first kappa shape index (κ1) is 29.0. The number of aromatic carboxylic acids is 1. The van der Waals surface area contributed by atoms with Gasteiger partial charge in [0.25, 0.3) is 0 Å². The smallest absolute Gasteiger partial charge is 0.335 e. The molecule has 5 rings (SSSR count). The first-order valence-electron chi connectivity index (χ1n) is 13.7. The number of hydrogen-bond acceptors (Lipinski definition) is 6. The molecule has 216 valence electrons. The number of ether oxygens (including phenoxy) is 4. The number of rotatable bonds is 13. The average molecular weight is 575 g/mol. The van der Waals surface area contributed by atoms with E-state index in [1.54, 1.807) is 18.2 Å². The van der Waals surface area contributed by atoms with Crippen LogP contribution in [0.25, 0.3) is 0 Å². The highest BCUT2D eigenvalue weighted by Crippen LogP contribution is 2.39. The molecular weight excluding hydrogens is 544 g/mol. The van der Waals surface area contributed by atoms with E-state index >= 15 is 0 Å². The van der Waals surface area contributed by atoms with Crippen molar-refractivity contribution in [2.24, 2.45) is 0 Å². The summed E-state index contributed by atoms with van der Waals surface area (Å²) in [7, 11) is 1.47. The maximum absolute atomic E-state index is 14.5. The average Bonchev–Trinajstić information content (AvgIpc) is 3.06. The zero-order valence-electron chi connectivity index (χ0n) is 23.6. The van der Waals surface area contributed by atoms with Gasteiger partial charge in [-0.15, -0.1) is 0 Å². The minimum Gasteiger partial charge on any atom is -0.496 e. The van der Waals surface area contributed by atoms with E-state index in [1.807, 2.05) is 91.0 Å². The molecule has 43 heavy (non-hydrogen) atoms. The quantitative estimate of drug-likeness (QED) is 0.147. The van der Waals surface area contributed by atoms with Gasteiger partial charge in [-0.2, -0.15) is 0 Å². The van der Waals surface area contributed by atoms with E-state index < -0.39 is 11.8 Å². The summed E-state index contributed by atoms with van der Waals surface area (Å²) in [5.74, 6) is -0.950. The Morgan fingerprint density at radius 2 is 0.930 bits per heavy atom. The van der Waals surface area contributed by atoms with Crippen LogP contribution < -0.4 is 18.9 Å². The summed E-state index contributed by atoms with van der Waals surface area (Å²) in [4.78, 5) is 26.7. The van der Waals surface area contributed by atoms with Crippen LogP contribution in [0.2, 0.25) is 0 Å². The highest BCUT2D eigenvalue weighted by molar-refractivity contribution is 6.16. The lowest BCUT2D eigenvalue weighted by Crippen LogP contribution is -2.13. The number of benzene rings is 5. The van der Waals surface area contributed by atoms with E-state index in [9.17, 15) is 14.7 Å². The molecule has 0 aliphatic heterocycles. The summed E-state index contributed by atoms with van der Waals surface area (Å²) < 4.78 is 24.0. The molecule has 0 unspecified atom stereocenters. The number of carbonyl (C=O) groups is 2. The number of methoxy groups -OCH3 is 1. The number of carboxylic acids is 1. The van der Waals surface area contributed by atoms with Crippen LogP contribution in [0, 0.1) is 0 Å². The van der Waals surface area contributed by atoms with E-state index in [2.05, 4.69) is 0 Å². The maximum Gasteiger partial charge on any atom is 0.335 e. The predicted octanol–water partition coefficient (Wildman–Crippen LogP) is 7.36. The maximum atomic E-state index is 14.5. The van der Waals surface area contributed by atoms with Crippen molar-refractivity contribution < 1.29 is 33.6 Å². The van der Waals surface area contributed by atoms with E-state index in [1.165, 1.54) is 19.2 Å². The Hall–Kier alpha value is -5.56. The molecule has 0 saturated carbocycles. The van der Waals surface area contributed by atoms with E-state index in [0.29, 0.717) is 11.5 Å². The van der Waals surface area contributed by atoms with Crippen molar-refractivity contribution in [3.05, 3.63) is 155 Å². The molecule has 7 heteroatoms. The third-order valence-corrected chi connectivity index (χ3v) is 6.69. The summed E-state index contributed by atoms with van der Waals surface area (Å²) in [5.41, 5.74) is 2.76. The SMILES string of the molecule is COc1cccc(OCc2ccccc2)c1C(=O)c1c(OCc2ccccc2)cc(C(=O)O)cc1OCc1ccccc1. The van der Waals surface area contributed by atoms with Crippen molar-refractivity contribution in [2.45, 2.75) is 19.8 Å². The van der Waals surface area contributed by atoms with Crippen LogP contribution in [-0.4, -0.2) is 24.0 Å². The molecule has 0 radical (unpaired) electrons. The molecule has 0 spiro atoms. The Kier molecular flexibility index (Phi) is 9.34. The fraction of sp³-hybridized carbons (Fsp3) is 0.111. The number of carbonyl (C=O) groups excluding carboxylic acids is 1. The monoisotopic (exact) mass is 574 g/mol. The summed E-state index contributed by atoms with van der Waals surface area (Å²) in [6, 6.07) is 36.2. The third kappa shape index (κ3) is 7.21. The van der Waals surface area contributed by atoms with Gasteiger partial charge in [0.1, 0.15) is 53.9 Å². The van der Waals surface area contributed by atoms with Crippen LogP contribution >= 0.6 is 0 Å². The number of hydrogen-bond donors (Lipinski definition) is 1. The molecular formula is C36H30O7. The molecule has 0 fully saturated rings. The lowest BCUT2D eigenvalue weighted by atomic mass is 9.97. The van der Waals surface area contributed by atoms with Gasteiger partial charge in [-0.3, -0.25) is 4.79 Å². The van der Waals surface area contributed by atoms with Gasteiger partial charge in [0, 0.05) is 0 Å². The van der Waals surface area contributed by atoms with Crippen molar-refractivity contribution in [3.63, 3.8) is 0 Å². The molecule has 0 atom stereocenters. The van der Waals surface area contributed by atoms with Crippen LogP contribution in [-0.2, 0) is 19.8 Å². The Labute approximate surface area is 249 Å². The minimum absolute atomic E-state index is 0.0610. The fourth-order valence-corrected chi connectivity index (χ4v) is 4.52. The summed E-state index contributed by atoms with van der Waals surface area (Å²) in [6.45, 7) is 0.429. The summed E-state index contributed by atoms with van der Waals surface area (Å²) >= 11 is 0. The molecule has 0 saturated heterocycles. The second-order valence-corrected chi connectivity index (χ2v) is 9.64. The Balaban J connectivity index is 1.60. The molecule has 1 N–H and O–H groups in total. The Morgan fingerprint density at radius 1 is 0.535 bits per heavy atom. The lowest BCUT2D eigenvalue weighted by molar-refractivity contribution is 0.0695. The van der Waals surface area contributed by atoms with Gasteiger partial charge in [0.2, 0.25) is 5.78 Å². The highest BCUT2D eigenvalue weighted by Gasteiger charge is 2.29. The molecule has 0 heterocycles. The number of carboxylic acid groups (broad SMARTS) is 1. The minimum atomic E-state index is -1.18. The van der Waals surface area contributed by atoms with Crippen molar-refractivity contribution in [1.82, 2.24) is 0 Å². The first-order valence-corrected chi connectivity index (χ1v) is 13.7. The molecule has 5 aromatic rings. The predicted molar refractivity (Wildman–Crippen MR) is 162 cm³/mol. The van der Waals surface area contributed by atoms with Crippen molar-refractivity contribution in [1.29, 1.82) is 0 Å². The Morgan fingerprint density at radius 3 is 1.35 bits per heavy atom. The van der Waals surface area contributed by atoms with Crippen LogP contribution in [0.1, 0.15) is 43.0 Å². The molecule has 0 amide bonds. The van der Waals surface area contributed by atoms with Gasteiger partial charge in [-0.1, -0.05) is 97.1 Å². The second kappa shape index (κ2) is 13.9. The van der Waals surface area contributed by atoms with E-state index in [0.717, 1.165) is 16.7 Å². The van der Waals surface area contributed by atoms with Gasteiger partial charge < -0.3 is 24.1 Å². The molecule has 7 nitrogen and oxygen atoms in total. The standard InChI is InChI=1S/C36H30O7/c1-40-29-18-11-19-30(41-22-25-12-5-2-6-13-25)33(29)35(37)34-31(42-23-26-14-7-3-8-15-26)20-28(36(38)39)21-32(34)43-24-27-16-9-4-10-17-27/h2-21H,22-24H2,1H3,(H,38,39). The Bertz CT molecular complexity index is 1620. The number of ketones is 1. The van der Waals surface area contributed by atoms with E-state index in [4.69, 9.17) is 18.9 Å². The normalized spacial score (nSPS) is 10.5. The molecule has 0 aliphatic carbocycles. The van der Waals surface area contributed by atoms with Gasteiger partial charge in [-0.25, -0.2) is 4.79 Å². The molecule has 0 aromatic heterocycles. The molecule has 0 bridgehead atoms. The third-order valence-electron chi connectivity index (χ3n) is 6.69. The lowest BCUT2D eigenvalue weighted by Gasteiger charge is -2.19. The highest BCUT2D eigenvalue weighted by atomic mass is 16.5. The van der Waals surface area contributed by atoms with Crippen LogP contribution in [0.15, 0.2) is 121 Å². The topological polar surface area (TPSA) is 91.3 Å². The van der Waals surface area contributed by atoms with Gasteiger partial charge in [-0.05, 0) is 41.0 Å². The first-order chi connectivity index (χ1) is 21.0. The van der Waals surface area contributed by atoms with Crippen LogP contribution in [0.3, 0.4) is 0 Å². The van der Waals surface area contributed by atoms with Crippen molar-refractivity contribution >= 4 is 11.8 Å². The van der Waals surface area contributed by atoms with E-state index in [-0.39, 0.29) is 48.0 Å². The van der Waals surface area contributed by atoms with Crippen LogP contribution in [0.5, 0.6) is 23.0 Å². The zero-order valence-corrected chi connectivity index (χ0v) is 23.6. The second-order valence-electron chi connectivity index (χ2n) is 9.64. The fourth-order valence-electron chi connectivity index (χ4n) is 4.52. The summed E-state index contributed by atoms with van der Waals surface area (Å²) in [6.07, 6.45) is 0. The summed E-state index contributed by atoms with van der Waals surface area (Å²) in [5, 5.41) is 9.92. The molecule has 5 aromatic carbocycles. The molecule has 0 aliphatic rings. The van der Waals surface area contributed by atoms with Crippen molar-refractivity contribution in [3.8, 4) is 23.0 Å². The largest absolute Gasteiger partial charge is 0.496 e. The van der Waals surface area contributed by atoms with Gasteiger partial charge in [0.05, 0.1) is 12.7 Å². The van der Waals surface area contributed by atoms with Gasteiger partial charge in [0.15, 0.2) is 0 Å². The zero-order chi connectivity index (χ0) is 30.0. The van der Waals surface area contributed by atoms with Crippen LogP contribution in [0.4, 0.5) is 0 Å². The van der Waals surface area contributed by atoms with Gasteiger partial charge >= 0.3 is 5.97 Å². The van der Waals surface area contributed by atoms with Crippen molar-refractivity contribution in [2.75, 3.05) is 7.11 Å².